The molecule has 0 spiro atoms. The highest BCUT2D eigenvalue weighted by molar-refractivity contribution is 5.86. The minimum Gasteiger partial charge on any atom is -0.484 e. The monoisotopic (exact) mass is 487 g/mol. The van der Waals surface area contributed by atoms with Crippen molar-refractivity contribution in [2.45, 2.75) is 25.0 Å². The molecule has 1 saturated heterocycles. The molecule has 0 aliphatic carbocycles. The number of nitrogens with zero attached hydrogens (tertiary/aromatic N) is 2. The van der Waals surface area contributed by atoms with Crippen molar-refractivity contribution in [3.8, 4) is 5.75 Å². The lowest BCUT2D eigenvalue weighted by molar-refractivity contribution is -0.133. The Labute approximate surface area is 210 Å². The van der Waals surface area contributed by atoms with Gasteiger partial charge in [-0.2, -0.15) is 0 Å². The summed E-state index contributed by atoms with van der Waals surface area (Å²) in [6.45, 7) is 2.76. The molecule has 0 bridgehead atoms. The van der Waals surface area contributed by atoms with Crippen molar-refractivity contribution in [3.63, 3.8) is 0 Å². The fourth-order valence-electron chi connectivity index (χ4n) is 5.00. The van der Waals surface area contributed by atoms with Crippen LogP contribution in [0, 0.1) is 5.82 Å². The van der Waals surface area contributed by atoms with Gasteiger partial charge in [0.25, 0.3) is 0 Å². The van der Waals surface area contributed by atoms with Crippen LogP contribution >= 0.6 is 0 Å². The summed E-state index contributed by atoms with van der Waals surface area (Å²) in [5.74, 6) is 0.415. The first-order chi connectivity index (χ1) is 17.6. The predicted octanol–water partition coefficient (Wildman–Crippen LogP) is 3.89. The van der Waals surface area contributed by atoms with Crippen LogP contribution in [0.5, 0.6) is 5.75 Å². The molecule has 36 heavy (non-hydrogen) atoms. The van der Waals surface area contributed by atoms with Crippen LogP contribution in [0.2, 0.25) is 0 Å². The SMILES string of the molecule is O=C(CN1C[C@H](c2ccccc2)CC1=O)NCCN1Cc2ccccc2O[C@@H](c2ccccc2F)C1. The smallest absolute Gasteiger partial charge is 0.239 e. The molecule has 2 heterocycles. The highest BCUT2D eigenvalue weighted by atomic mass is 19.1. The molecule has 2 aliphatic rings. The highest BCUT2D eigenvalue weighted by Gasteiger charge is 2.31. The number of halogens is 1. The largest absolute Gasteiger partial charge is 0.484 e. The van der Waals surface area contributed by atoms with Gasteiger partial charge >= 0.3 is 0 Å². The summed E-state index contributed by atoms with van der Waals surface area (Å²) in [4.78, 5) is 28.9. The zero-order chi connectivity index (χ0) is 24.9. The summed E-state index contributed by atoms with van der Waals surface area (Å²) >= 11 is 0. The summed E-state index contributed by atoms with van der Waals surface area (Å²) in [5.41, 5.74) is 2.67. The van der Waals surface area contributed by atoms with E-state index in [-0.39, 0.29) is 30.1 Å². The zero-order valence-electron chi connectivity index (χ0n) is 20.1. The van der Waals surface area contributed by atoms with Gasteiger partial charge in [-0.3, -0.25) is 14.5 Å². The van der Waals surface area contributed by atoms with Crippen molar-refractivity contribution in [3.05, 3.63) is 101 Å². The van der Waals surface area contributed by atoms with E-state index in [1.807, 2.05) is 60.7 Å². The second-order valence-electron chi connectivity index (χ2n) is 9.41. The van der Waals surface area contributed by atoms with Crippen molar-refractivity contribution in [2.24, 2.45) is 0 Å². The lowest BCUT2D eigenvalue weighted by Crippen LogP contribution is -2.41. The van der Waals surface area contributed by atoms with E-state index in [4.69, 9.17) is 4.74 Å². The van der Waals surface area contributed by atoms with Gasteiger partial charge in [-0.25, -0.2) is 4.39 Å². The van der Waals surface area contributed by atoms with Gasteiger partial charge in [-0.1, -0.05) is 66.7 Å². The molecule has 3 aromatic carbocycles. The van der Waals surface area contributed by atoms with Crippen LogP contribution in [0.3, 0.4) is 0 Å². The maximum Gasteiger partial charge on any atom is 0.239 e. The fraction of sp³-hybridized carbons (Fsp3) is 0.310. The Hall–Kier alpha value is -3.71. The van der Waals surface area contributed by atoms with Gasteiger partial charge in [0.05, 0.1) is 6.54 Å². The van der Waals surface area contributed by atoms with Crippen LogP contribution in [0.1, 0.15) is 35.1 Å². The molecule has 6 nitrogen and oxygen atoms in total. The topological polar surface area (TPSA) is 61.9 Å². The first kappa shape index (κ1) is 24.0. The van der Waals surface area contributed by atoms with E-state index in [1.165, 1.54) is 6.07 Å². The molecular weight excluding hydrogens is 457 g/mol. The normalized spacial score (nSPS) is 19.9. The molecule has 0 saturated carbocycles. The lowest BCUT2D eigenvalue weighted by atomic mass is 9.99. The molecule has 2 atom stereocenters. The summed E-state index contributed by atoms with van der Waals surface area (Å²) < 4.78 is 20.8. The molecule has 0 radical (unpaired) electrons. The van der Waals surface area contributed by atoms with Gasteiger partial charge in [0.1, 0.15) is 17.7 Å². The van der Waals surface area contributed by atoms with Crippen LogP contribution in [-0.4, -0.2) is 54.3 Å². The molecule has 186 valence electrons. The van der Waals surface area contributed by atoms with Crippen molar-refractivity contribution in [2.75, 3.05) is 32.7 Å². The van der Waals surface area contributed by atoms with E-state index in [1.54, 1.807) is 17.0 Å². The zero-order valence-corrected chi connectivity index (χ0v) is 20.1. The third-order valence-electron chi connectivity index (χ3n) is 6.88. The number of carbonyl (C=O) groups is 2. The van der Waals surface area contributed by atoms with E-state index in [2.05, 4.69) is 10.2 Å². The molecule has 1 fully saturated rings. The van der Waals surface area contributed by atoms with Crippen LogP contribution < -0.4 is 10.1 Å². The van der Waals surface area contributed by atoms with Gasteiger partial charge in [-0.05, 0) is 17.7 Å². The number of hydrogen-bond acceptors (Lipinski definition) is 4. The van der Waals surface area contributed by atoms with Crippen molar-refractivity contribution in [1.82, 2.24) is 15.1 Å². The quantitative estimate of drug-likeness (QED) is 0.549. The Morgan fingerprint density at radius 2 is 1.72 bits per heavy atom. The molecule has 2 aliphatic heterocycles. The number of amides is 2. The average Bonchev–Trinajstić information content (AvgIpc) is 3.14. The van der Waals surface area contributed by atoms with Crippen LogP contribution in [0.4, 0.5) is 4.39 Å². The first-order valence-corrected chi connectivity index (χ1v) is 12.4. The Bertz CT molecular complexity index is 1220. The standard InChI is InChI=1S/C29H30FN3O3/c30-25-12-6-5-11-24(25)27-19-32(17-22-10-4-7-13-26(22)36-27)15-14-31-28(34)20-33-18-23(16-29(33)35)21-8-2-1-3-9-21/h1-13,23,27H,14-20H2,(H,31,34)/t23-,27-/m1/s1. The van der Waals surface area contributed by atoms with Crippen LogP contribution in [0.25, 0.3) is 0 Å². The summed E-state index contributed by atoms with van der Waals surface area (Å²) in [6.07, 6.45) is -0.0234. The van der Waals surface area contributed by atoms with Gasteiger partial charge in [0, 0.05) is 56.2 Å². The number of hydrogen-bond donors (Lipinski definition) is 1. The number of likely N-dealkylation sites (tertiary alicyclic amines) is 1. The first-order valence-electron chi connectivity index (χ1n) is 12.4. The molecule has 5 rings (SSSR count). The average molecular weight is 488 g/mol. The Morgan fingerprint density at radius 3 is 2.56 bits per heavy atom. The Balaban J connectivity index is 1.17. The second-order valence-corrected chi connectivity index (χ2v) is 9.41. The summed E-state index contributed by atoms with van der Waals surface area (Å²) in [5, 5.41) is 2.95. The molecular formula is C29H30FN3O3. The number of fused-ring (bicyclic) bond motifs is 1. The molecule has 1 N–H and O–H groups in total. The fourth-order valence-corrected chi connectivity index (χ4v) is 5.00. The van der Waals surface area contributed by atoms with E-state index < -0.39 is 6.10 Å². The Morgan fingerprint density at radius 1 is 0.972 bits per heavy atom. The second kappa shape index (κ2) is 10.9. The summed E-state index contributed by atoms with van der Waals surface area (Å²) in [6, 6.07) is 24.4. The number of para-hydroxylation sites is 1. The van der Waals surface area contributed by atoms with E-state index >= 15 is 0 Å². The number of rotatable bonds is 7. The van der Waals surface area contributed by atoms with Gasteiger partial charge < -0.3 is 15.0 Å². The summed E-state index contributed by atoms with van der Waals surface area (Å²) in [7, 11) is 0. The van der Waals surface area contributed by atoms with Crippen molar-refractivity contribution < 1.29 is 18.7 Å². The van der Waals surface area contributed by atoms with Gasteiger partial charge in [0.15, 0.2) is 0 Å². The molecule has 0 aromatic heterocycles. The minimum absolute atomic E-state index is 0.00741. The number of carbonyl (C=O) groups excluding carboxylic acids is 2. The molecule has 2 amide bonds. The highest BCUT2D eigenvalue weighted by Crippen LogP contribution is 2.32. The number of benzene rings is 3. The Kier molecular flexibility index (Phi) is 7.28. The maximum atomic E-state index is 14.5. The third-order valence-corrected chi connectivity index (χ3v) is 6.88. The molecule has 3 aromatic rings. The van der Waals surface area contributed by atoms with E-state index in [0.717, 1.165) is 16.9 Å². The predicted molar refractivity (Wildman–Crippen MR) is 135 cm³/mol. The lowest BCUT2D eigenvalue weighted by Gasteiger charge is -2.24. The maximum absolute atomic E-state index is 14.5. The minimum atomic E-state index is -0.456. The van der Waals surface area contributed by atoms with E-state index in [9.17, 15) is 14.0 Å². The van der Waals surface area contributed by atoms with Gasteiger partial charge in [-0.15, -0.1) is 0 Å². The number of ether oxygens (including phenoxy) is 1. The molecule has 0 unspecified atom stereocenters. The molecule has 7 heteroatoms. The van der Waals surface area contributed by atoms with Crippen molar-refractivity contribution in [1.29, 1.82) is 0 Å². The van der Waals surface area contributed by atoms with E-state index in [0.29, 0.717) is 44.7 Å². The van der Waals surface area contributed by atoms with Crippen LogP contribution in [-0.2, 0) is 16.1 Å². The third kappa shape index (κ3) is 5.57. The number of nitrogens with one attached hydrogen (secondary N) is 1. The van der Waals surface area contributed by atoms with Crippen LogP contribution in [0.15, 0.2) is 78.9 Å². The van der Waals surface area contributed by atoms with Gasteiger partial charge in [0.2, 0.25) is 11.8 Å². The van der Waals surface area contributed by atoms with Crippen molar-refractivity contribution >= 4 is 11.8 Å².